The molecule has 25 heavy (non-hydrogen) atoms. The molecule has 0 unspecified atom stereocenters. The van der Waals surface area contributed by atoms with Crippen LogP contribution in [0.1, 0.15) is 24.0 Å². The highest BCUT2D eigenvalue weighted by Gasteiger charge is 2.20. The Bertz CT molecular complexity index is 639. The largest absolute Gasteiger partial charge is 0.303 e. The van der Waals surface area contributed by atoms with E-state index in [1.54, 1.807) is 12.1 Å². The molecule has 1 fully saturated rings. The van der Waals surface area contributed by atoms with E-state index in [1.165, 1.54) is 24.5 Å². The van der Waals surface area contributed by atoms with Crippen molar-refractivity contribution >= 4 is 0 Å². The van der Waals surface area contributed by atoms with E-state index in [0.29, 0.717) is 0 Å². The maximum Gasteiger partial charge on any atom is 0.123 e. The third kappa shape index (κ3) is 5.91. The van der Waals surface area contributed by atoms with Gasteiger partial charge in [-0.15, -0.1) is 0 Å². The number of benzene rings is 1. The minimum atomic E-state index is -0.132. The van der Waals surface area contributed by atoms with Gasteiger partial charge in [-0.2, -0.15) is 0 Å². The van der Waals surface area contributed by atoms with E-state index in [-0.39, 0.29) is 5.82 Å². The van der Waals surface area contributed by atoms with Crippen molar-refractivity contribution in [2.24, 2.45) is 5.92 Å². The zero-order valence-electron chi connectivity index (χ0n) is 15.1. The average molecular weight is 341 g/mol. The Balaban J connectivity index is 1.37. The molecule has 2 heterocycles. The first kappa shape index (κ1) is 18.0. The highest BCUT2D eigenvalue weighted by molar-refractivity contribution is 5.16. The van der Waals surface area contributed by atoms with Gasteiger partial charge in [0.15, 0.2) is 0 Å². The van der Waals surface area contributed by atoms with Crippen LogP contribution in [0.3, 0.4) is 0 Å². The summed E-state index contributed by atoms with van der Waals surface area (Å²) in [5.41, 5.74) is 2.37. The fraction of sp³-hybridized carbons (Fsp3) is 0.476. The van der Waals surface area contributed by atoms with Crippen LogP contribution in [0.5, 0.6) is 0 Å². The number of pyridine rings is 1. The molecule has 1 saturated heterocycles. The van der Waals surface area contributed by atoms with Crippen LogP contribution < -0.4 is 0 Å². The summed E-state index contributed by atoms with van der Waals surface area (Å²) in [7, 11) is 2.20. The first-order valence-electron chi connectivity index (χ1n) is 9.23. The molecule has 3 nitrogen and oxygen atoms in total. The molecule has 2 aromatic rings. The Kier molecular flexibility index (Phi) is 6.54. The van der Waals surface area contributed by atoms with E-state index >= 15 is 0 Å². The lowest BCUT2D eigenvalue weighted by Gasteiger charge is -2.34. The zero-order chi connectivity index (χ0) is 17.5. The van der Waals surface area contributed by atoms with Gasteiger partial charge < -0.3 is 9.80 Å². The Labute approximate surface area is 150 Å². The predicted octanol–water partition coefficient (Wildman–Crippen LogP) is 3.61. The molecule has 1 aromatic carbocycles. The first-order chi connectivity index (χ1) is 12.2. The fourth-order valence-electron chi connectivity index (χ4n) is 3.68. The third-order valence-electron chi connectivity index (χ3n) is 5.06. The second kappa shape index (κ2) is 9.07. The maximum atomic E-state index is 13.2. The summed E-state index contributed by atoms with van der Waals surface area (Å²) in [5, 5.41) is 0. The van der Waals surface area contributed by atoms with Crippen LogP contribution in [0.15, 0.2) is 48.8 Å². The molecular formula is C21H28FN3. The van der Waals surface area contributed by atoms with Crippen LogP contribution >= 0.6 is 0 Å². The Morgan fingerprint density at radius 2 is 1.96 bits per heavy atom. The Morgan fingerprint density at radius 3 is 2.68 bits per heavy atom. The molecular weight excluding hydrogens is 313 g/mol. The number of nitrogens with zero attached hydrogens (tertiary/aromatic N) is 3. The van der Waals surface area contributed by atoms with E-state index in [9.17, 15) is 4.39 Å². The van der Waals surface area contributed by atoms with Gasteiger partial charge in [0.1, 0.15) is 5.82 Å². The van der Waals surface area contributed by atoms with Gasteiger partial charge in [0.05, 0.1) is 0 Å². The van der Waals surface area contributed by atoms with Gasteiger partial charge in [-0.3, -0.25) is 4.98 Å². The zero-order valence-corrected chi connectivity index (χ0v) is 15.1. The lowest BCUT2D eigenvalue weighted by molar-refractivity contribution is 0.153. The monoisotopic (exact) mass is 341 g/mol. The molecule has 0 bridgehead atoms. The molecule has 1 aliphatic rings. The van der Waals surface area contributed by atoms with Crippen molar-refractivity contribution in [1.29, 1.82) is 0 Å². The van der Waals surface area contributed by atoms with Crippen LogP contribution in [0.2, 0.25) is 0 Å². The van der Waals surface area contributed by atoms with Crippen molar-refractivity contribution in [2.75, 3.05) is 33.2 Å². The summed E-state index contributed by atoms with van der Waals surface area (Å²) in [4.78, 5) is 9.11. The number of likely N-dealkylation sites (tertiary alicyclic amines) is 1. The summed E-state index contributed by atoms with van der Waals surface area (Å²) < 4.78 is 13.2. The van der Waals surface area contributed by atoms with Gasteiger partial charge in [0.2, 0.25) is 0 Å². The van der Waals surface area contributed by atoms with Crippen molar-refractivity contribution in [3.63, 3.8) is 0 Å². The van der Waals surface area contributed by atoms with Crippen LogP contribution in [-0.4, -0.2) is 48.0 Å². The standard InChI is InChI=1S/C21H28FN3/c1-24(17-20-5-3-10-23-15-20)16-19-8-12-25(13-9-19)11-7-18-4-2-6-21(22)14-18/h2-6,10,14-15,19H,7-9,11-13,16-17H2,1H3. The Morgan fingerprint density at radius 1 is 1.16 bits per heavy atom. The number of halogens is 1. The number of rotatable bonds is 7. The van der Waals surface area contributed by atoms with Crippen molar-refractivity contribution in [2.45, 2.75) is 25.8 Å². The van der Waals surface area contributed by atoms with E-state index in [2.05, 4.69) is 27.9 Å². The number of hydrogen-bond acceptors (Lipinski definition) is 3. The van der Waals surface area contributed by atoms with Crippen molar-refractivity contribution in [1.82, 2.24) is 14.8 Å². The minimum Gasteiger partial charge on any atom is -0.303 e. The minimum absolute atomic E-state index is 0.132. The van der Waals surface area contributed by atoms with Crippen LogP contribution in [0, 0.1) is 11.7 Å². The molecule has 0 saturated carbocycles. The first-order valence-corrected chi connectivity index (χ1v) is 9.23. The topological polar surface area (TPSA) is 19.4 Å². The summed E-state index contributed by atoms with van der Waals surface area (Å²) in [6, 6.07) is 11.1. The van der Waals surface area contributed by atoms with Crippen LogP contribution in [-0.2, 0) is 13.0 Å². The quantitative estimate of drug-likeness (QED) is 0.767. The van der Waals surface area contributed by atoms with Gasteiger partial charge in [-0.1, -0.05) is 18.2 Å². The Hall–Kier alpha value is -1.78. The molecule has 0 radical (unpaired) electrons. The number of piperidine rings is 1. The summed E-state index contributed by atoms with van der Waals surface area (Å²) in [6.45, 7) is 5.45. The fourth-order valence-corrected chi connectivity index (χ4v) is 3.68. The smallest absolute Gasteiger partial charge is 0.123 e. The molecule has 0 spiro atoms. The molecule has 4 heteroatoms. The van der Waals surface area contributed by atoms with Gasteiger partial charge in [0.25, 0.3) is 0 Å². The number of hydrogen-bond donors (Lipinski definition) is 0. The lowest BCUT2D eigenvalue weighted by Crippen LogP contribution is -2.38. The van der Waals surface area contributed by atoms with Gasteiger partial charge in [-0.25, -0.2) is 4.39 Å². The average Bonchev–Trinajstić information content (AvgIpc) is 2.62. The highest BCUT2D eigenvalue weighted by atomic mass is 19.1. The van der Waals surface area contributed by atoms with Gasteiger partial charge >= 0.3 is 0 Å². The van der Waals surface area contributed by atoms with Crippen LogP contribution in [0.25, 0.3) is 0 Å². The summed E-state index contributed by atoms with van der Waals surface area (Å²) in [5.74, 6) is 0.639. The van der Waals surface area contributed by atoms with Gasteiger partial charge in [-0.05, 0) is 74.6 Å². The third-order valence-corrected chi connectivity index (χ3v) is 5.06. The van der Waals surface area contributed by atoms with Crippen molar-refractivity contribution < 1.29 is 4.39 Å². The van der Waals surface area contributed by atoms with Gasteiger partial charge in [0, 0.05) is 32.0 Å². The lowest BCUT2D eigenvalue weighted by atomic mass is 9.96. The molecule has 1 aromatic heterocycles. The van der Waals surface area contributed by atoms with Crippen molar-refractivity contribution in [3.05, 3.63) is 65.7 Å². The molecule has 3 rings (SSSR count). The van der Waals surface area contributed by atoms with E-state index in [1.807, 2.05) is 24.5 Å². The van der Waals surface area contributed by atoms with E-state index in [4.69, 9.17) is 0 Å². The molecule has 0 amide bonds. The second-order valence-corrected chi connectivity index (χ2v) is 7.22. The normalized spacial score (nSPS) is 16.4. The summed E-state index contributed by atoms with van der Waals surface area (Å²) in [6.07, 6.45) is 7.21. The molecule has 0 atom stereocenters. The second-order valence-electron chi connectivity index (χ2n) is 7.22. The molecule has 1 aliphatic heterocycles. The molecule has 134 valence electrons. The summed E-state index contributed by atoms with van der Waals surface area (Å²) >= 11 is 0. The van der Waals surface area contributed by atoms with E-state index in [0.717, 1.165) is 50.6 Å². The predicted molar refractivity (Wildman–Crippen MR) is 99.8 cm³/mol. The number of aromatic nitrogens is 1. The highest BCUT2D eigenvalue weighted by Crippen LogP contribution is 2.19. The van der Waals surface area contributed by atoms with Crippen LogP contribution in [0.4, 0.5) is 4.39 Å². The molecule has 0 aliphatic carbocycles. The van der Waals surface area contributed by atoms with Crippen molar-refractivity contribution in [3.8, 4) is 0 Å². The van der Waals surface area contributed by atoms with E-state index < -0.39 is 0 Å². The molecule has 0 N–H and O–H groups in total. The maximum absolute atomic E-state index is 13.2. The SMILES string of the molecule is CN(Cc1cccnc1)CC1CCN(CCc2cccc(F)c2)CC1.